The van der Waals surface area contributed by atoms with Crippen molar-refractivity contribution in [3.63, 3.8) is 0 Å². The van der Waals surface area contributed by atoms with Gasteiger partial charge in [0.15, 0.2) is 0 Å². The molecule has 1 aromatic rings. The molecular weight excluding hydrogens is 308 g/mol. The Morgan fingerprint density at radius 2 is 2.38 bits per heavy atom. The van der Waals surface area contributed by atoms with Crippen molar-refractivity contribution in [3.8, 4) is 0 Å². The second-order valence-electron chi connectivity index (χ2n) is 5.86. The predicted molar refractivity (Wildman–Crippen MR) is 86.0 cm³/mol. The molecule has 4 nitrogen and oxygen atoms in total. The SMILES string of the molecule is O=C(NC[C@]1(O)CCSC1)N[C@@H]1C[C@@H]1c1cccc(Cl)c1. The van der Waals surface area contributed by atoms with E-state index in [9.17, 15) is 9.90 Å². The van der Waals surface area contributed by atoms with Gasteiger partial charge in [-0.3, -0.25) is 0 Å². The molecule has 2 fully saturated rings. The fourth-order valence-electron chi connectivity index (χ4n) is 2.66. The maximum Gasteiger partial charge on any atom is 0.315 e. The van der Waals surface area contributed by atoms with Crippen molar-refractivity contribution in [1.82, 2.24) is 10.6 Å². The highest BCUT2D eigenvalue weighted by Crippen LogP contribution is 2.41. The number of carbonyl (C=O) groups excluding carboxylic acids is 1. The molecule has 1 aliphatic heterocycles. The number of urea groups is 1. The summed E-state index contributed by atoms with van der Waals surface area (Å²) in [4.78, 5) is 11.9. The molecule has 1 heterocycles. The summed E-state index contributed by atoms with van der Waals surface area (Å²) in [6.45, 7) is 0.320. The fraction of sp³-hybridized carbons (Fsp3) is 0.533. The van der Waals surface area contributed by atoms with Crippen LogP contribution in [0.5, 0.6) is 0 Å². The lowest BCUT2D eigenvalue weighted by molar-refractivity contribution is 0.0700. The third-order valence-corrected chi connectivity index (χ3v) is 5.51. The van der Waals surface area contributed by atoms with Gasteiger partial charge in [-0.05, 0) is 36.3 Å². The van der Waals surface area contributed by atoms with Gasteiger partial charge in [-0.2, -0.15) is 11.8 Å². The zero-order chi connectivity index (χ0) is 14.9. The largest absolute Gasteiger partial charge is 0.387 e. The molecule has 0 aromatic heterocycles. The van der Waals surface area contributed by atoms with Crippen molar-refractivity contribution >= 4 is 29.4 Å². The topological polar surface area (TPSA) is 61.4 Å². The van der Waals surface area contributed by atoms with Crippen LogP contribution in [0.3, 0.4) is 0 Å². The average Bonchev–Trinajstić information content (AvgIpc) is 3.08. The first-order chi connectivity index (χ1) is 10.1. The number of hydrogen-bond acceptors (Lipinski definition) is 3. The minimum absolute atomic E-state index is 0.163. The molecule has 1 aliphatic carbocycles. The van der Waals surface area contributed by atoms with Gasteiger partial charge in [0, 0.05) is 29.3 Å². The lowest BCUT2D eigenvalue weighted by Gasteiger charge is -2.21. The summed E-state index contributed by atoms with van der Waals surface area (Å²) >= 11 is 7.70. The summed E-state index contributed by atoms with van der Waals surface area (Å²) in [6.07, 6.45) is 1.68. The van der Waals surface area contributed by atoms with Gasteiger partial charge >= 0.3 is 6.03 Å². The molecule has 0 radical (unpaired) electrons. The van der Waals surface area contributed by atoms with E-state index in [1.165, 1.54) is 5.56 Å². The second-order valence-corrected chi connectivity index (χ2v) is 7.40. The number of benzene rings is 1. The highest BCUT2D eigenvalue weighted by molar-refractivity contribution is 7.99. The van der Waals surface area contributed by atoms with Crippen LogP contribution in [0.25, 0.3) is 0 Å². The van der Waals surface area contributed by atoms with Crippen LogP contribution in [0.4, 0.5) is 4.79 Å². The average molecular weight is 327 g/mol. The maximum absolute atomic E-state index is 11.9. The molecule has 2 aliphatic rings. The molecule has 6 heteroatoms. The minimum Gasteiger partial charge on any atom is -0.387 e. The summed E-state index contributed by atoms with van der Waals surface area (Å²) in [7, 11) is 0. The molecule has 3 rings (SSSR count). The van der Waals surface area contributed by atoms with Crippen molar-refractivity contribution in [3.05, 3.63) is 34.9 Å². The fourth-order valence-corrected chi connectivity index (χ4v) is 4.15. The van der Waals surface area contributed by atoms with Gasteiger partial charge in [0.1, 0.15) is 0 Å². The maximum atomic E-state index is 11.9. The molecule has 0 unspecified atom stereocenters. The highest BCUT2D eigenvalue weighted by atomic mass is 35.5. The zero-order valence-corrected chi connectivity index (χ0v) is 13.2. The van der Waals surface area contributed by atoms with Crippen molar-refractivity contribution < 1.29 is 9.90 Å². The molecule has 1 saturated carbocycles. The smallest absolute Gasteiger partial charge is 0.315 e. The van der Waals surface area contributed by atoms with E-state index in [1.54, 1.807) is 11.8 Å². The Hall–Kier alpha value is -0.910. The number of thioether (sulfide) groups is 1. The number of aliphatic hydroxyl groups is 1. The number of hydrogen-bond donors (Lipinski definition) is 3. The number of halogens is 1. The van der Waals surface area contributed by atoms with Gasteiger partial charge in [-0.15, -0.1) is 0 Å². The molecule has 0 spiro atoms. The monoisotopic (exact) mass is 326 g/mol. The molecule has 0 bridgehead atoms. The summed E-state index contributed by atoms with van der Waals surface area (Å²) in [6, 6.07) is 7.73. The van der Waals surface area contributed by atoms with Crippen LogP contribution in [-0.2, 0) is 0 Å². The number of carbonyl (C=O) groups is 1. The normalized spacial score (nSPS) is 31.0. The van der Waals surface area contributed by atoms with Crippen molar-refractivity contribution in [2.45, 2.75) is 30.4 Å². The van der Waals surface area contributed by atoms with E-state index in [-0.39, 0.29) is 12.1 Å². The molecule has 21 heavy (non-hydrogen) atoms. The van der Waals surface area contributed by atoms with E-state index in [2.05, 4.69) is 10.6 Å². The highest BCUT2D eigenvalue weighted by Gasteiger charge is 2.40. The van der Waals surface area contributed by atoms with Crippen molar-refractivity contribution in [2.75, 3.05) is 18.1 Å². The molecule has 1 saturated heterocycles. The van der Waals surface area contributed by atoms with Gasteiger partial charge in [0.05, 0.1) is 5.60 Å². The Balaban J connectivity index is 1.44. The molecule has 2 amide bonds. The van der Waals surface area contributed by atoms with Crippen LogP contribution in [-0.4, -0.2) is 40.8 Å². The molecule has 114 valence electrons. The standard InChI is InChI=1S/C15H19ClN2O2S/c16-11-3-1-2-10(6-11)12-7-13(12)18-14(19)17-8-15(20)4-5-21-9-15/h1-3,6,12-13,20H,4-5,7-9H2,(H2,17,18,19)/t12-,13-,15-/m1/s1. The van der Waals surface area contributed by atoms with Crippen molar-refractivity contribution in [2.24, 2.45) is 0 Å². The van der Waals surface area contributed by atoms with E-state index < -0.39 is 5.60 Å². The lowest BCUT2D eigenvalue weighted by Crippen LogP contribution is -2.47. The number of amides is 2. The third-order valence-electron chi connectivity index (χ3n) is 4.04. The van der Waals surface area contributed by atoms with Gasteiger partial charge in [-0.1, -0.05) is 23.7 Å². The first-order valence-corrected chi connectivity index (χ1v) is 8.69. The van der Waals surface area contributed by atoms with Gasteiger partial charge < -0.3 is 15.7 Å². The van der Waals surface area contributed by atoms with E-state index in [1.807, 2.05) is 24.3 Å². The predicted octanol–water partition coefficient (Wildman–Crippen LogP) is 2.36. The van der Waals surface area contributed by atoms with Gasteiger partial charge in [0.2, 0.25) is 0 Å². The van der Waals surface area contributed by atoms with Crippen LogP contribution in [0.2, 0.25) is 5.02 Å². The molecular formula is C15H19ClN2O2S. The van der Waals surface area contributed by atoms with Crippen molar-refractivity contribution in [1.29, 1.82) is 0 Å². The number of nitrogens with one attached hydrogen (secondary N) is 2. The van der Waals surface area contributed by atoms with Crippen LogP contribution < -0.4 is 10.6 Å². The number of rotatable bonds is 4. The second kappa shape index (κ2) is 6.07. The summed E-state index contributed by atoms with van der Waals surface area (Å²) in [5.41, 5.74) is 0.427. The van der Waals surface area contributed by atoms with Crippen LogP contribution in [0, 0.1) is 0 Å². The Labute approximate surface area is 133 Å². The van der Waals surface area contributed by atoms with Crippen LogP contribution in [0.1, 0.15) is 24.3 Å². The van der Waals surface area contributed by atoms with E-state index in [0.29, 0.717) is 18.2 Å². The van der Waals surface area contributed by atoms with Crippen LogP contribution in [0.15, 0.2) is 24.3 Å². The van der Waals surface area contributed by atoms with E-state index in [0.717, 1.165) is 23.6 Å². The molecule has 3 N–H and O–H groups in total. The Morgan fingerprint density at radius 1 is 1.52 bits per heavy atom. The van der Waals surface area contributed by atoms with Crippen LogP contribution >= 0.6 is 23.4 Å². The Morgan fingerprint density at radius 3 is 3.10 bits per heavy atom. The summed E-state index contributed by atoms with van der Waals surface area (Å²) < 4.78 is 0. The van der Waals surface area contributed by atoms with Gasteiger partial charge in [-0.25, -0.2) is 4.79 Å². The first-order valence-electron chi connectivity index (χ1n) is 7.16. The molecule has 1 aromatic carbocycles. The van der Waals surface area contributed by atoms with Gasteiger partial charge in [0.25, 0.3) is 0 Å². The third kappa shape index (κ3) is 3.84. The molecule has 3 atom stereocenters. The first kappa shape index (κ1) is 15.0. The Bertz CT molecular complexity index is 534. The summed E-state index contributed by atoms with van der Waals surface area (Å²) in [5.74, 6) is 2.00. The Kier molecular flexibility index (Phi) is 4.33. The lowest BCUT2D eigenvalue weighted by atomic mass is 10.0. The minimum atomic E-state index is -0.738. The zero-order valence-electron chi connectivity index (χ0n) is 11.6. The summed E-state index contributed by atoms with van der Waals surface area (Å²) in [5, 5.41) is 16.6. The quantitative estimate of drug-likeness (QED) is 0.796. The van der Waals surface area contributed by atoms with E-state index in [4.69, 9.17) is 11.6 Å². The van der Waals surface area contributed by atoms with E-state index >= 15 is 0 Å².